The van der Waals surface area contributed by atoms with Gasteiger partial charge in [0.25, 0.3) is 0 Å². The highest BCUT2D eigenvalue weighted by Crippen LogP contribution is 2.27. The lowest BCUT2D eigenvalue weighted by molar-refractivity contribution is 1.49. The number of nitrogens with one attached hydrogen (secondary N) is 1. The van der Waals surface area contributed by atoms with Gasteiger partial charge in [-0.15, -0.1) is 11.3 Å². The van der Waals surface area contributed by atoms with Crippen molar-refractivity contribution in [2.75, 3.05) is 0 Å². The molecule has 0 unspecified atom stereocenters. The van der Waals surface area contributed by atoms with Crippen LogP contribution in [0.25, 0.3) is 42.0 Å². The average molecular weight is 329 g/mol. The summed E-state index contributed by atoms with van der Waals surface area (Å²) in [5, 5.41) is 2.65. The van der Waals surface area contributed by atoms with Crippen molar-refractivity contribution in [1.82, 2.24) is 4.98 Å². The Morgan fingerprint density at radius 3 is 2.21 bits per heavy atom. The summed E-state index contributed by atoms with van der Waals surface area (Å²) in [5.74, 6) is 0. The Balaban J connectivity index is 2.05. The van der Waals surface area contributed by atoms with E-state index in [-0.39, 0.29) is 10.9 Å². The largest absolute Gasteiger partial charge is 0.354 e. The van der Waals surface area contributed by atoms with E-state index in [0.29, 0.717) is 21.7 Å². The van der Waals surface area contributed by atoms with Crippen molar-refractivity contribution in [3.63, 3.8) is 0 Å². The van der Waals surface area contributed by atoms with E-state index >= 15 is 0 Å². The lowest BCUT2D eigenvalue weighted by Crippen LogP contribution is -2.06. The molecule has 0 aliphatic rings. The van der Waals surface area contributed by atoms with Gasteiger partial charge < -0.3 is 4.98 Å². The molecule has 2 aromatic heterocycles. The summed E-state index contributed by atoms with van der Waals surface area (Å²) in [5.41, 5.74) is 1.49. The van der Waals surface area contributed by atoms with Gasteiger partial charge in [0.1, 0.15) is 0 Å². The third-order valence-electron chi connectivity index (χ3n) is 4.40. The van der Waals surface area contributed by atoms with Crippen molar-refractivity contribution in [2.24, 2.45) is 0 Å². The van der Waals surface area contributed by atoms with Gasteiger partial charge in [-0.05, 0) is 36.4 Å². The zero-order chi connectivity index (χ0) is 16.3. The summed E-state index contributed by atoms with van der Waals surface area (Å²) in [7, 11) is 0. The molecule has 5 aromatic rings. The monoisotopic (exact) mass is 329 g/mol. The van der Waals surface area contributed by atoms with E-state index in [1.165, 1.54) is 0 Å². The van der Waals surface area contributed by atoms with E-state index in [2.05, 4.69) is 4.98 Å². The summed E-state index contributed by atoms with van der Waals surface area (Å²) in [6.07, 6.45) is 0. The van der Waals surface area contributed by atoms with E-state index in [9.17, 15) is 9.59 Å². The summed E-state index contributed by atoms with van der Waals surface area (Å²) in [6, 6.07) is 18.7. The molecule has 0 bridgehead atoms. The highest BCUT2D eigenvalue weighted by Gasteiger charge is 2.10. The van der Waals surface area contributed by atoms with Crippen LogP contribution < -0.4 is 10.9 Å². The first-order valence-electron chi connectivity index (χ1n) is 7.63. The molecule has 3 nitrogen and oxygen atoms in total. The van der Waals surface area contributed by atoms with Gasteiger partial charge in [0.05, 0.1) is 5.52 Å². The van der Waals surface area contributed by atoms with Crippen LogP contribution in [0.2, 0.25) is 0 Å². The first-order chi connectivity index (χ1) is 11.7. The first kappa shape index (κ1) is 13.5. The molecule has 0 aliphatic heterocycles. The van der Waals surface area contributed by atoms with Crippen LogP contribution in [-0.2, 0) is 0 Å². The predicted molar refractivity (Wildman–Crippen MR) is 101 cm³/mol. The Morgan fingerprint density at radius 2 is 1.33 bits per heavy atom. The van der Waals surface area contributed by atoms with Crippen LogP contribution in [0.1, 0.15) is 0 Å². The Bertz CT molecular complexity index is 1290. The molecule has 0 saturated heterocycles. The van der Waals surface area contributed by atoms with Crippen LogP contribution in [0, 0.1) is 0 Å². The van der Waals surface area contributed by atoms with Gasteiger partial charge in [0.2, 0.25) is 0 Å². The van der Waals surface area contributed by atoms with Crippen molar-refractivity contribution in [3.05, 3.63) is 81.1 Å². The Morgan fingerprint density at radius 1 is 0.625 bits per heavy atom. The van der Waals surface area contributed by atoms with E-state index in [1.807, 2.05) is 60.7 Å². The molecule has 0 aliphatic carbocycles. The number of hydrogen-bond donors (Lipinski definition) is 1. The molecule has 24 heavy (non-hydrogen) atoms. The van der Waals surface area contributed by atoms with E-state index in [0.717, 1.165) is 20.3 Å². The maximum absolute atomic E-state index is 12.8. The van der Waals surface area contributed by atoms with Crippen LogP contribution in [0.15, 0.2) is 70.3 Å². The smallest absolute Gasteiger partial charge is 0.197 e. The molecular weight excluding hydrogens is 318 g/mol. The molecule has 2 heterocycles. The third kappa shape index (κ3) is 1.77. The lowest BCUT2D eigenvalue weighted by Gasteiger charge is -2.05. The van der Waals surface area contributed by atoms with Crippen molar-refractivity contribution in [2.45, 2.75) is 0 Å². The number of hydrogen-bond acceptors (Lipinski definition) is 3. The lowest BCUT2D eigenvalue weighted by atomic mass is 10.1. The molecular formula is C20H11NO2S. The standard InChI is InChI=1S/C20H11NO2S/c22-19-11-5-1-3-7-15(11)21-16-9-14-18(10-13(16)19)24-17-8-4-2-6-12(17)20(14)23/h1-10H,(H,21,22). The fraction of sp³-hybridized carbons (Fsp3) is 0. The van der Waals surface area contributed by atoms with Gasteiger partial charge in [-0.25, -0.2) is 0 Å². The molecule has 0 radical (unpaired) electrons. The van der Waals surface area contributed by atoms with Gasteiger partial charge in [-0.2, -0.15) is 0 Å². The van der Waals surface area contributed by atoms with Gasteiger partial charge in [0, 0.05) is 36.5 Å². The molecule has 114 valence electrons. The maximum Gasteiger partial charge on any atom is 0.197 e. The van der Waals surface area contributed by atoms with Crippen LogP contribution >= 0.6 is 11.3 Å². The highest BCUT2D eigenvalue weighted by molar-refractivity contribution is 7.24. The quantitative estimate of drug-likeness (QED) is 0.428. The molecule has 4 heteroatoms. The maximum atomic E-state index is 12.8. The van der Waals surface area contributed by atoms with Gasteiger partial charge >= 0.3 is 0 Å². The number of aromatic amines is 1. The number of para-hydroxylation sites is 1. The van der Waals surface area contributed by atoms with Crippen LogP contribution in [0.5, 0.6) is 0 Å². The van der Waals surface area contributed by atoms with Crippen molar-refractivity contribution in [1.29, 1.82) is 0 Å². The van der Waals surface area contributed by atoms with Crippen molar-refractivity contribution >= 4 is 53.3 Å². The minimum atomic E-state index is -0.00550. The molecule has 0 saturated carbocycles. The van der Waals surface area contributed by atoms with Crippen LogP contribution in [0.4, 0.5) is 0 Å². The Labute approximate surface area is 139 Å². The SMILES string of the molecule is O=c1c2ccccc2[nH]c2cc3c(=O)c4ccccc4sc3cc12. The van der Waals surface area contributed by atoms with Crippen molar-refractivity contribution in [3.8, 4) is 0 Å². The average Bonchev–Trinajstić information content (AvgIpc) is 2.62. The summed E-state index contributed by atoms with van der Waals surface area (Å²) in [4.78, 5) is 28.9. The summed E-state index contributed by atoms with van der Waals surface area (Å²) in [6.45, 7) is 0. The number of rotatable bonds is 0. The van der Waals surface area contributed by atoms with Gasteiger partial charge in [-0.3, -0.25) is 9.59 Å². The minimum absolute atomic E-state index is 0.00550. The third-order valence-corrected chi connectivity index (χ3v) is 5.54. The van der Waals surface area contributed by atoms with E-state index < -0.39 is 0 Å². The van der Waals surface area contributed by atoms with E-state index in [4.69, 9.17) is 0 Å². The number of H-pyrrole nitrogens is 1. The zero-order valence-corrected chi connectivity index (χ0v) is 13.3. The fourth-order valence-electron chi connectivity index (χ4n) is 3.22. The minimum Gasteiger partial charge on any atom is -0.354 e. The molecule has 0 spiro atoms. The van der Waals surface area contributed by atoms with Gasteiger partial charge in [0.15, 0.2) is 10.9 Å². The van der Waals surface area contributed by atoms with Crippen LogP contribution in [0.3, 0.4) is 0 Å². The van der Waals surface area contributed by atoms with Crippen molar-refractivity contribution < 1.29 is 0 Å². The number of benzene rings is 3. The van der Waals surface area contributed by atoms with E-state index in [1.54, 1.807) is 11.3 Å². The zero-order valence-electron chi connectivity index (χ0n) is 12.5. The highest BCUT2D eigenvalue weighted by atomic mass is 32.1. The number of aromatic nitrogens is 1. The molecule has 3 aromatic carbocycles. The molecule has 0 atom stereocenters. The molecule has 0 fully saturated rings. The van der Waals surface area contributed by atoms with Gasteiger partial charge in [-0.1, -0.05) is 24.3 Å². The summed E-state index contributed by atoms with van der Waals surface area (Å²) < 4.78 is 1.78. The fourth-order valence-corrected chi connectivity index (χ4v) is 4.31. The predicted octanol–water partition coefficient (Wildman–Crippen LogP) is 4.41. The second-order valence-corrected chi connectivity index (χ2v) is 6.90. The second-order valence-electron chi connectivity index (χ2n) is 5.82. The molecule has 1 N–H and O–H groups in total. The normalized spacial score (nSPS) is 11.7. The topological polar surface area (TPSA) is 49.9 Å². The number of fused-ring (bicyclic) bond motifs is 4. The Hall–Kier alpha value is -2.98. The molecule has 5 rings (SSSR count). The number of pyridine rings is 1. The second kappa shape index (κ2) is 4.76. The van der Waals surface area contributed by atoms with Crippen LogP contribution in [-0.4, -0.2) is 4.98 Å². The Kier molecular flexibility index (Phi) is 2.67. The first-order valence-corrected chi connectivity index (χ1v) is 8.44. The summed E-state index contributed by atoms with van der Waals surface area (Å²) >= 11 is 1.54. The molecule has 0 amide bonds.